The smallest absolute Gasteiger partial charge is 0.410 e. The Kier molecular flexibility index (Phi) is 5.37. The Bertz CT molecular complexity index is 278. The van der Waals surface area contributed by atoms with E-state index in [0.717, 1.165) is 0 Å². The third-order valence-corrected chi connectivity index (χ3v) is 2.64. The minimum Gasteiger partial charge on any atom is -0.444 e. The van der Waals surface area contributed by atoms with Gasteiger partial charge in [0.2, 0.25) is 0 Å². The van der Waals surface area contributed by atoms with Crippen LogP contribution < -0.4 is 5.73 Å². The van der Waals surface area contributed by atoms with E-state index in [1.165, 1.54) is 0 Å². The largest absolute Gasteiger partial charge is 0.444 e. The van der Waals surface area contributed by atoms with Crippen molar-refractivity contribution in [1.82, 2.24) is 4.90 Å². The number of aliphatic hydroxyl groups excluding tert-OH is 1. The minimum atomic E-state index is -0.639. The van der Waals surface area contributed by atoms with Gasteiger partial charge in [-0.3, -0.25) is 0 Å². The molecule has 3 N–H and O–H groups in total. The lowest BCUT2D eigenvalue weighted by molar-refractivity contribution is -0.0903. The first-order valence-corrected chi connectivity index (χ1v) is 6.31. The number of amides is 1. The molecule has 1 amide bonds. The molecule has 1 heterocycles. The molecule has 0 aromatic rings. The molecule has 0 bridgehead atoms. The van der Waals surface area contributed by atoms with Crippen molar-refractivity contribution >= 4 is 6.09 Å². The van der Waals surface area contributed by atoms with E-state index in [9.17, 15) is 9.90 Å². The van der Waals surface area contributed by atoms with Crippen molar-refractivity contribution in [3.05, 3.63) is 0 Å². The maximum absolute atomic E-state index is 11.9. The average Bonchev–Trinajstić information content (AvgIpc) is 2.27. The normalized spacial score (nSPS) is 22.7. The van der Waals surface area contributed by atoms with Gasteiger partial charge in [0.25, 0.3) is 0 Å². The third-order valence-electron chi connectivity index (χ3n) is 2.64. The van der Waals surface area contributed by atoms with Crippen molar-refractivity contribution in [2.24, 2.45) is 5.73 Å². The van der Waals surface area contributed by atoms with Crippen LogP contribution in [0.25, 0.3) is 0 Å². The van der Waals surface area contributed by atoms with Gasteiger partial charge < -0.3 is 25.2 Å². The van der Waals surface area contributed by atoms with Crippen LogP contribution in [-0.4, -0.2) is 60.1 Å². The number of morpholine rings is 1. The highest BCUT2D eigenvalue weighted by Crippen LogP contribution is 2.15. The summed E-state index contributed by atoms with van der Waals surface area (Å²) < 4.78 is 10.7. The molecule has 0 aliphatic carbocycles. The zero-order valence-electron chi connectivity index (χ0n) is 11.4. The highest BCUT2D eigenvalue weighted by molar-refractivity contribution is 5.68. The van der Waals surface area contributed by atoms with Gasteiger partial charge in [-0.05, 0) is 33.7 Å². The van der Waals surface area contributed by atoms with Crippen LogP contribution in [0.15, 0.2) is 0 Å². The molecule has 1 aliphatic heterocycles. The fourth-order valence-corrected chi connectivity index (χ4v) is 1.76. The van der Waals surface area contributed by atoms with Gasteiger partial charge in [-0.2, -0.15) is 0 Å². The first-order valence-electron chi connectivity index (χ1n) is 6.31. The number of nitrogens with zero attached hydrogens (tertiary/aromatic N) is 1. The summed E-state index contributed by atoms with van der Waals surface area (Å²) in [5, 5.41) is 9.82. The molecule has 1 unspecified atom stereocenters. The highest BCUT2D eigenvalue weighted by Gasteiger charge is 2.31. The molecule has 1 fully saturated rings. The predicted octanol–water partition coefficient (Wildman–Crippen LogP) is 0.332. The minimum absolute atomic E-state index is 0.343. The van der Waals surface area contributed by atoms with Crippen molar-refractivity contribution in [2.45, 2.75) is 45.0 Å². The molecule has 18 heavy (non-hydrogen) atoms. The monoisotopic (exact) mass is 260 g/mol. The maximum Gasteiger partial charge on any atom is 0.410 e. The fourth-order valence-electron chi connectivity index (χ4n) is 1.76. The van der Waals surface area contributed by atoms with Crippen molar-refractivity contribution in [2.75, 3.05) is 26.2 Å². The summed E-state index contributed by atoms with van der Waals surface area (Å²) in [6.07, 6.45) is -0.918. The molecule has 0 aromatic carbocycles. The van der Waals surface area contributed by atoms with E-state index >= 15 is 0 Å². The lowest BCUT2D eigenvalue weighted by atomic mass is 10.1. The van der Waals surface area contributed by atoms with E-state index in [1.54, 1.807) is 4.90 Å². The Morgan fingerprint density at radius 3 is 2.83 bits per heavy atom. The van der Waals surface area contributed by atoms with Crippen LogP contribution in [0.2, 0.25) is 0 Å². The molecule has 0 aromatic heterocycles. The fraction of sp³-hybridized carbons (Fsp3) is 0.917. The van der Waals surface area contributed by atoms with Gasteiger partial charge in [0, 0.05) is 6.54 Å². The van der Waals surface area contributed by atoms with E-state index < -0.39 is 11.7 Å². The number of hydrogen-bond donors (Lipinski definition) is 2. The Hall–Kier alpha value is -0.850. The summed E-state index contributed by atoms with van der Waals surface area (Å²) in [5.74, 6) is 0. The van der Waals surface area contributed by atoms with Gasteiger partial charge in [0.15, 0.2) is 0 Å². The van der Waals surface area contributed by atoms with Crippen molar-refractivity contribution in [3.63, 3.8) is 0 Å². The van der Waals surface area contributed by atoms with Crippen LogP contribution in [0.5, 0.6) is 0 Å². The molecule has 0 spiro atoms. The van der Waals surface area contributed by atoms with E-state index in [2.05, 4.69) is 0 Å². The summed E-state index contributed by atoms with van der Waals surface area (Å²) in [7, 11) is 0. The van der Waals surface area contributed by atoms with E-state index in [-0.39, 0.29) is 12.2 Å². The molecule has 1 rings (SSSR count). The van der Waals surface area contributed by atoms with Gasteiger partial charge in [0.1, 0.15) is 11.7 Å². The van der Waals surface area contributed by atoms with Crippen molar-refractivity contribution < 1.29 is 19.4 Å². The molecule has 0 radical (unpaired) electrons. The van der Waals surface area contributed by atoms with Crippen LogP contribution in [0.4, 0.5) is 4.79 Å². The van der Waals surface area contributed by atoms with Gasteiger partial charge in [-0.25, -0.2) is 4.79 Å². The second-order valence-electron chi connectivity index (χ2n) is 5.48. The zero-order valence-corrected chi connectivity index (χ0v) is 11.4. The van der Waals surface area contributed by atoms with Crippen LogP contribution in [-0.2, 0) is 9.47 Å². The summed E-state index contributed by atoms with van der Waals surface area (Å²) in [4.78, 5) is 13.5. The quantitative estimate of drug-likeness (QED) is 0.764. The molecule has 6 heteroatoms. The summed E-state index contributed by atoms with van der Waals surface area (Å²) in [5.41, 5.74) is 4.88. The SMILES string of the molecule is CC(C)(C)OC(=O)N1CCOC([C@H](O)CCN)C1. The Labute approximate surface area is 108 Å². The number of aliphatic hydroxyl groups is 1. The first-order chi connectivity index (χ1) is 8.33. The zero-order chi connectivity index (χ0) is 13.8. The van der Waals surface area contributed by atoms with E-state index in [0.29, 0.717) is 32.7 Å². The number of rotatable bonds is 3. The molecule has 1 aliphatic rings. The third kappa shape index (κ3) is 4.80. The van der Waals surface area contributed by atoms with Crippen LogP contribution in [0.3, 0.4) is 0 Å². The second-order valence-corrected chi connectivity index (χ2v) is 5.48. The Balaban J connectivity index is 2.50. The molecule has 2 atom stereocenters. The van der Waals surface area contributed by atoms with Gasteiger partial charge in [0.05, 0.1) is 19.3 Å². The first kappa shape index (κ1) is 15.2. The van der Waals surface area contributed by atoms with Crippen molar-refractivity contribution in [1.29, 1.82) is 0 Å². The molecular weight excluding hydrogens is 236 g/mol. The van der Waals surface area contributed by atoms with Crippen LogP contribution in [0, 0.1) is 0 Å². The lowest BCUT2D eigenvalue weighted by Crippen LogP contribution is -2.51. The number of carbonyl (C=O) groups is 1. The van der Waals surface area contributed by atoms with E-state index in [1.807, 2.05) is 20.8 Å². The number of nitrogens with two attached hydrogens (primary N) is 1. The topological polar surface area (TPSA) is 85.0 Å². The average molecular weight is 260 g/mol. The molecule has 0 saturated carbocycles. The Morgan fingerprint density at radius 1 is 1.61 bits per heavy atom. The van der Waals surface area contributed by atoms with Crippen molar-refractivity contribution in [3.8, 4) is 0 Å². The number of carbonyl (C=O) groups excluding carboxylic acids is 1. The maximum atomic E-state index is 11.9. The lowest BCUT2D eigenvalue weighted by Gasteiger charge is -2.36. The molecular formula is C12H24N2O4. The molecule has 1 saturated heterocycles. The van der Waals surface area contributed by atoms with Gasteiger partial charge >= 0.3 is 6.09 Å². The summed E-state index contributed by atoms with van der Waals surface area (Å²) in [6.45, 7) is 7.11. The molecule has 6 nitrogen and oxygen atoms in total. The van der Waals surface area contributed by atoms with Gasteiger partial charge in [-0.15, -0.1) is 0 Å². The molecule has 106 valence electrons. The second kappa shape index (κ2) is 6.36. The van der Waals surface area contributed by atoms with Gasteiger partial charge in [-0.1, -0.05) is 0 Å². The summed E-state index contributed by atoms with van der Waals surface area (Å²) in [6, 6.07) is 0. The number of ether oxygens (including phenoxy) is 2. The van der Waals surface area contributed by atoms with Crippen LogP contribution >= 0.6 is 0 Å². The number of hydrogen-bond acceptors (Lipinski definition) is 5. The van der Waals surface area contributed by atoms with Crippen LogP contribution in [0.1, 0.15) is 27.2 Å². The predicted molar refractivity (Wildman–Crippen MR) is 67.2 cm³/mol. The summed E-state index contributed by atoms with van der Waals surface area (Å²) >= 11 is 0. The van der Waals surface area contributed by atoms with E-state index in [4.69, 9.17) is 15.2 Å². The Morgan fingerprint density at radius 2 is 2.28 bits per heavy atom. The standard InChI is InChI=1S/C12H24N2O4/c1-12(2,3)18-11(16)14-6-7-17-10(8-14)9(15)4-5-13/h9-10,15H,4-8,13H2,1-3H3/t9-,10?/m1/s1. The highest BCUT2D eigenvalue weighted by atomic mass is 16.6.